The Kier molecular flexibility index (Phi) is 8.96. The minimum atomic E-state index is -1.65. The van der Waals surface area contributed by atoms with E-state index in [1.54, 1.807) is 7.05 Å². The number of amides is 5. The molecule has 46 heavy (non-hydrogen) atoms. The van der Waals surface area contributed by atoms with E-state index in [1.807, 2.05) is 0 Å². The van der Waals surface area contributed by atoms with Crippen molar-refractivity contribution in [3.63, 3.8) is 0 Å². The Hall–Kier alpha value is -5.44. The van der Waals surface area contributed by atoms with Crippen LogP contribution in [0.1, 0.15) is 18.5 Å². The lowest BCUT2D eigenvalue weighted by Crippen LogP contribution is -2.71. The number of β-lactam (4-membered cyclic amide) rings is 1. The van der Waals surface area contributed by atoms with Crippen molar-refractivity contribution < 1.29 is 34.2 Å². The second-order valence-electron chi connectivity index (χ2n) is 9.86. The third kappa shape index (κ3) is 6.21. The number of hydrogen-bond acceptors (Lipinski definition) is 13. The van der Waals surface area contributed by atoms with E-state index < -0.39 is 58.4 Å². The number of primary amides is 1. The van der Waals surface area contributed by atoms with Gasteiger partial charge in [0.15, 0.2) is 0 Å². The molecule has 0 radical (unpaired) electrons. The van der Waals surface area contributed by atoms with Crippen LogP contribution in [0.2, 0.25) is 0 Å². The maximum atomic E-state index is 13.9. The fraction of sp³-hybridized carbons (Fsp3) is 0.280. The number of nitrogens with one attached hydrogen (secondary N) is 3. The number of thioether (sulfide) groups is 2. The number of urea groups is 1. The Labute approximate surface area is 266 Å². The van der Waals surface area contributed by atoms with E-state index in [2.05, 4.69) is 36.1 Å². The topological polar surface area (TPSA) is 272 Å². The standard InChI is InChI=1S/C25H25N11O8S2/c1-10(37)28-24-27-7-14(18(39)30-24)35(23(26)44)16(11-3-5-13(38)6-4-11)19(40)29-15-20(41)36-17(22(42)43)12(8-45-21(15)36)9-46-25-31-32-33-34(25)2/h3-7,15-16,21,38H,8-9H2,1-2H3,(H2,26,44)(H,29,40)(H,42,43)(H2,27,28,30,37,39)/t15?,16?,21-/m1/s1. The number of nitrogens with two attached hydrogens (primary N) is 1. The van der Waals surface area contributed by atoms with Crippen molar-refractivity contribution in [2.45, 2.75) is 29.5 Å². The van der Waals surface area contributed by atoms with E-state index >= 15 is 0 Å². The lowest BCUT2D eigenvalue weighted by Gasteiger charge is -2.49. The number of aromatic hydroxyl groups is 1. The highest BCUT2D eigenvalue weighted by Gasteiger charge is 2.55. The van der Waals surface area contributed by atoms with Crippen LogP contribution in [-0.2, 0) is 26.2 Å². The molecule has 3 atom stereocenters. The van der Waals surface area contributed by atoms with Crippen molar-refractivity contribution in [2.75, 3.05) is 21.7 Å². The maximum absolute atomic E-state index is 13.9. The Bertz CT molecular complexity index is 1830. The van der Waals surface area contributed by atoms with Crippen LogP contribution in [0.3, 0.4) is 0 Å². The second kappa shape index (κ2) is 12.9. The number of carboxylic acid groups (broad SMARTS) is 1. The predicted molar refractivity (Wildman–Crippen MR) is 161 cm³/mol. The molecule has 0 saturated carbocycles. The van der Waals surface area contributed by atoms with Crippen molar-refractivity contribution in [3.8, 4) is 5.75 Å². The number of nitrogens with zero attached hydrogens (tertiary/aromatic N) is 7. The molecule has 2 aromatic heterocycles. The molecule has 1 saturated heterocycles. The van der Waals surface area contributed by atoms with Crippen LogP contribution in [0.15, 0.2) is 51.7 Å². The van der Waals surface area contributed by atoms with Gasteiger partial charge in [0.05, 0.1) is 6.20 Å². The number of rotatable bonds is 10. The average Bonchev–Trinajstić information content (AvgIpc) is 3.41. The summed E-state index contributed by atoms with van der Waals surface area (Å²) in [6, 6.07) is 1.03. The molecule has 5 rings (SSSR count). The van der Waals surface area contributed by atoms with Crippen molar-refractivity contribution in [2.24, 2.45) is 12.8 Å². The van der Waals surface area contributed by atoms with Gasteiger partial charge < -0.3 is 21.3 Å². The first-order valence-corrected chi connectivity index (χ1v) is 15.2. The molecule has 1 fully saturated rings. The first kappa shape index (κ1) is 32.0. The monoisotopic (exact) mass is 671 g/mol. The number of carbonyl (C=O) groups is 5. The van der Waals surface area contributed by atoms with Crippen LogP contribution in [0.25, 0.3) is 0 Å². The molecule has 4 heterocycles. The summed E-state index contributed by atoms with van der Waals surface area (Å²) >= 11 is 2.42. The number of carbonyl (C=O) groups excluding carboxylic acids is 4. The van der Waals surface area contributed by atoms with Crippen molar-refractivity contribution in [3.05, 3.63) is 57.6 Å². The van der Waals surface area contributed by atoms with Gasteiger partial charge in [-0.2, -0.15) is 0 Å². The van der Waals surface area contributed by atoms with Crippen LogP contribution in [0.5, 0.6) is 5.75 Å². The Balaban J connectivity index is 1.43. The van der Waals surface area contributed by atoms with Gasteiger partial charge in [-0.15, -0.1) is 16.9 Å². The largest absolute Gasteiger partial charge is 0.508 e. The summed E-state index contributed by atoms with van der Waals surface area (Å²) in [6.07, 6.45) is 0.934. The van der Waals surface area contributed by atoms with Gasteiger partial charge in [-0.3, -0.25) is 39.3 Å². The summed E-state index contributed by atoms with van der Waals surface area (Å²) in [5.74, 6) is -3.48. The quantitative estimate of drug-likeness (QED) is 0.113. The zero-order valence-corrected chi connectivity index (χ0v) is 25.5. The molecule has 2 unspecified atom stereocenters. The van der Waals surface area contributed by atoms with E-state index in [0.717, 1.165) is 11.1 Å². The van der Waals surface area contributed by atoms with Gasteiger partial charge in [-0.05, 0) is 33.7 Å². The first-order valence-electron chi connectivity index (χ1n) is 13.2. The zero-order valence-electron chi connectivity index (χ0n) is 23.9. The van der Waals surface area contributed by atoms with Gasteiger partial charge in [0.1, 0.15) is 34.6 Å². The lowest BCUT2D eigenvalue weighted by atomic mass is 10.00. The second-order valence-corrected chi connectivity index (χ2v) is 11.9. The third-order valence-electron chi connectivity index (χ3n) is 6.79. The number of aliphatic carboxylic acids is 1. The van der Waals surface area contributed by atoms with Crippen LogP contribution < -0.4 is 26.8 Å². The normalized spacial score (nSPS) is 17.9. The summed E-state index contributed by atoms with van der Waals surface area (Å²) in [7, 11) is 1.63. The summed E-state index contributed by atoms with van der Waals surface area (Å²) < 4.78 is 1.42. The number of aryl methyl sites for hydroxylation is 1. The fourth-order valence-corrected chi connectivity index (χ4v) is 7.11. The first-order chi connectivity index (χ1) is 21.9. The number of aromatic nitrogens is 6. The molecule has 19 nitrogen and oxygen atoms in total. The van der Waals surface area contributed by atoms with E-state index in [-0.39, 0.29) is 34.5 Å². The van der Waals surface area contributed by atoms with Crippen LogP contribution in [0, 0.1) is 0 Å². The van der Waals surface area contributed by atoms with Crippen LogP contribution in [-0.4, -0.2) is 97.9 Å². The number of benzene rings is 1. The van der Waals surface area contributed by atoms with E-state index in [1.165, 1.54) is 59.4 Å². The summed E-state index contributed by atoms with van der Waals surface area (Å²) in [4.78, 5) is 84.6. The highest BCUT2D eigenvalue weighted by molar-refractivity contribution is 8.01. The summed E-state index contributed by atoms with van der Waals surface area (Å²) in [5.41, 5.74) is 4.61. The number of aromatic amines is 1. The molecule has 0 bridgehead atoms. The van der Waals surface area contributed by atoms with Crippen LogP contribution in [0.4, 0.5) is 16.4 Å². The van der Waals surface area contributed by atoms with Gasteiger partial charge in [-0.25, -0.2) is 19.3 Å². The maximum Gasteiger partial charge on any atom is 0.352 e. The van der Waals surface area contributed by atoms with Gasteiger partial charge in [-0.1, -0.05) is 23.9 Å². The summed E-state index contributed by atoms with van der Waals surface area (Å²) in [6.45, 7) is 1.19. The number of carboxylic acids is 1. The van der Waals surface area contributed by atoms with Gasteiger partial charge in [0.25, 0.3) is 11.5 Å². The molecule has 5 amide bonds. The third-order valence-corrected chi connectivity index (χ3v) is 9.23. The number of hydrogen-bond donors (Lipinski definition) is 6. The summed E-state index contributed by atoms with van der Waals surface area (Å²) in [5, 5.41) is 35.5. The minimum Gasteiger partial charge on any atom is -0.508 e. The van der Waals surface area contributed by atoms with Crippen molar-refractivity contribution >= 4 is 64.9 Å². The van der Waals surface area contributed by atoms with Crippen LogP contribution >= 0.6 is 23.5 Å². The molecule has 2 aliphatic rings. The highest BCUT2D eigenvalue weighted by atomic mass is 32.2. The molecule has 2 aliphatic heterocycles. The van der Waals surface area contributed by atoms with Gasteiger partial charge >= 0.3 is 12.0 Å². The minimum absolute atomic E-state index is 0.100. The molecule has 240 valence electrons. The molecule has 0 aliphatic carbocycles. The lowest BCUT2D eigenvalue weighted by molar-refractivity contribution is -0.150. The fourth-order valence-electron chi connectivity index (χ4n) is 4.77. The highest BCUT2D eigenvalue weighted by Crippen LogP contribution is 2.42. The molecular weight excluding hydrogens is 646 g/mol. The van der Waals surface area contributed by atoms with E-state index in [9.17, 15) is 39.0 Å². The number of phenols is 1. The molecule has 7 N–H and O–H groups in total. The number of anilines is 2. The number of phenolic OH excluding ortho intramolecular Hbond substituents is 1. The molecule has 3 aromatic rings. The van der Waals surface area contributed by atoms with Gasteiger partial charge in [0, 0.05) is 25.5 Å². The number of tetrazole rings is 1. The van der Waals surface area contributed by atoms with Gasteiger partial charge in [0.2, 0.25) is 22.9 Å². The average molecular weight is 672 g/mol. The smallest absolute Gasteiger partial charge is 0.352 e. The Morgan fingerprint density at radius 2 is 1.96 bits per heavy atom. The zero-order chi connectivity index (χ0) is 33.3. The molecule has 0 spiro atoms. The van der Waals surface area contributed by atoms with E-state index in [4.69, 9.17) is 5.73 Å². The molecular formula is C25H25N11O8S2. The Morgan fingerprint density at radius 3 is 2.54 bits per heavy atom. The number of H-pyrrole nitrogens is 1. The number of fused-ring (bicyclic) bond motifs is 1. The predicted octanol–water partition coefficient (Wildman–Crippen LogP) is -0.885. The molecule has 21 heteroatoms. The molecule has 1 aromatic carbocycles. The Morgan fingerprint density at radius 1 is 1.24 bits per heavy atom. The van der Waals surface area contributed by atoms with E-state index in [0.29, 0.717) is 15.6 Å². The van der Waals surface area contributed by atoms with Crippen molar-refractivity contribution in [1.29, 1.82) is 0 Å². The SMILES string of the molecule is CC(=O)Nc1ncc(N(C(N)=O)C(C(=O)NC2C(=O)N3C(C(=O)O)=C(CSc4nnnn4C)CS[C@H]23)c2ccc(O)cc2)c(=O)[nH]1. The van der Waals surface area contributed by atoms with Crippen molar-refractivity contribution in [1.82, 2.24) is 40.4 Å².